The van der Waals surface area contributed by atoms with Crippen LogP contribution in [0.5, 0.6) is 0 Å². The van der Waals surface area contributed by atoms with Gasteiger partial charge in [0.15, 0.2) is 5.78 Å². The lowest BCUT2D eigenvalue weighted by atomic mass is 9.83. The summed E-state index contributed by atoms with van der Waals surface area (Å²) in [6.45, 7) is 0. The third-order valence-electron chi connectivity index (χ3n) is 3.03. The fourth-order valence-corrected chi connectivity index (χ4v) is 2.22. The van der Waals surface area contributed by atoms with E-state index in [1.165, 1.54) is 0 Å². The van der Waals surface area contributed by atoms with Crippen molar-refractivity contribution >= 4 is 17.2 Å². The Morgan fingerprint density at radius 3 is 2.29 bits per heavy atom. The van der Waals surface area contributed by atoms with Gasteiger partial charge in [0.25, 0.3) is 0 Å². The number of hydrogen-bond acceptors (Lipinski definition) is 3. The third kappa shape index (κ3) is 1.22. The van der Waals surface area contributed by atoms with Crippen molar-refractivity contribution in [2.24, 2.45) is 0 Å². The highest BCUT2D eigenvalue weighted by Crippen LogP contribution is 2.30. The number of nitrogens with one attached hydrogen (secondary N) is 1. The molecule has 3 nitrogen and oxygen atoms in total. The minimum absolute atomic E-state index is 0.0566. The molecule has 0 aromatic heterocycles. The van der Waals surface area contributed by atoms with Crippen LogP contribution in [0, 0.1) is 5.41 Å². The molecule has 3 heteroatoms. The number of carbonyl (C=O) groups is 1. The number of nitrogens with two attached hydrogens (primary N) is 1. The maximum atomic E-state index is 12.3. The topological polar surface area (TPSA) is 66.9 Å². The predicted molar refractivity (Wildman–Crippen MR) is 66.7 cm³/mol. The van der Waals surface area contributed by atoms with Gasteiger partial charge < -0.3 is 5.73 Å². The second kappa shape index (κ2) is 3.28. The van der Waals surface area contributed by atoms with Gasteiger partial charge in [0.2, 0.25) is 0 Å². The fourth-order valence-electron chi connectivity index (χ4n) is 2.22. The van der Waals surface area contributed by atoms with E-state index < -0.39 is 0 Å². The summed E-state index contributed by atoms with van der Waals surface area (Å²) in [6, 6.07) is 12.3. The van der Waals surface area contributed by atoms with Crippen LogP contribution in [0.25, 0.3) is 0 Å². The van der Waals surface area contributed by atoms with Gasteiger partial charge in [0, 0.05) is 27.9 Å². The van der Waals surface area contributed by atoms with Crippen molar-refractivity contribution in [1.29, 1.82) is 5.41 Å². The monoisotopic (exact) mass is 222 g/mol. The largest absolute Gasteiger partial charge is 0.398 e. The molecule has 2 aromatic carbocycles. The van der Waals surface area contributed by atoms with Crippen LogP contribution in [0.2, 0.25) is 0 Å². The van der Waals surface area contributed by atoms with Gasteiger partial charge in [-0.3, -0.25) is 10.2 Å². The average molecular weight is 222 g/mol. The van der Waals surface area contributed by atoms with Crippen molar-refractivity contribution in [1.82, 2.24) is 0 Å². The molecule has 0 atom stereocenters. The van der Waals surface area contributed by atoms with Gasteiger partial charge in [-0.25, -0.2) is 0 Å². The normalized spacial score (nSPS) is 13.2. The standard InChI is InChI=1S/C14H10N2O/c15-11-7-3-6-10-12(11)13(16)8-4-1-2-5-9(8)14(10)17/h1-7,16H,15H2. The van der Waals surface area contributed by atoms with Crippen LogP contribution in [0.3, 0.4) is 0 Å². The zero-order valence-electron chi connectivity index (χ0n) is 9.03. The van der Waals surface area contributed by atoms with E-state index >= 15 is 0 Å². The molecule has 0 bridgehead atoms. The second-order valence-corrected chi connectivity index (χ2v) is 4.02. The zero-order valence-corrected chi connectivity index (χ0v) is 9.03. The van der Waals surface area contributed by atoms with E-state index in [9.17, 15) is 4.79 Å². The molecule has 0 radical (unpaired) electrons. The smallest absolute Gasteiger partial charge is 0.194 e. The lowest BCUT2D eigenvalue weighted by molar-refractivity contribution is 0.103. The molecule has 0 heterocycles. The number of nitrogen functional groups attached to an aromatic ring is 1. The van der Waals surface area contributed by atoms with Crippen LogP contribution in [0.4, 0.5) is 5.69 Å². The molecule has 1 aliphatic carbocycles. The summed E-state index contributed by atoms with van der Waals surface area (Å²) >= 11 is 0. The first-order valence-electron chi connectivity index (χ1n) is 5.31. The van der Waals surface area contributed by atoms with Crippen molar-refractivity contribution in [3.05, 3.63) is 64.7 Å². The van der Waals surface area contributed by atoms with E-state index in [0.717, 1.165) is 0 Å². The Bertz CT molecular complexity index is 659. The first-order valence-corrected chi connectivity index (χ1v) is 5.31. The molecule has 82 valence electrons. The number of hydrogen-bond donors (Lipinski definition) is 2. The molecule has 0 aliphatic heterocycles. The van der Waals surface area contributed by atoms with E-state index in [-0.39, 0.29) is 5.78 Å². The Kier molecular flexibility index (Phi) is 1.89. The molecule has 0 amide bonds. The minimum atomic E-state index is -0.0566. The molecule has 0 spiro atoms. The molecule has 2 aromatic rings. The third-order valence-corrected chi connectivity index (χ3v) is 3.03. The molecule has 1 aliphatic rings. The fraction of sp³-hybridized carbons (Fsp3) is 0. The average Bonchev–Trinajstić information content (AvgIpc) is 2.36. The Morgan fingerprint density at radius 1 is 0.882 bits per heavy atom. The van der Waals surface area contributed by atoms with Crippen LogP contribution < -0.4 is 5.73 Å². The molecule has 0 saturated heterocycles. The van der Waals surface area contributed by atoms with Crippen molar-refractivity contribution < 1.29 is 4.79 Å². The second-order valence-electron chi connectivity index (χ2n) is 4.02. The van der Waals surface area contributed by atoms with Crippen molar-refractivity contribution in [2.75, 3.05) is 5.73 Å². The van der Waals surface area contributed by atoms with E-state index in [1.807, 2.05) is 6.07 Å². The minimum Gasteiger partial charge on any atom is -0.398 e. The lowest BCUT2D eigenvalue weighted by Gasteiger charge is -2.20. The van der Waals surface area contributed by atoms with Crippen LogP contribution >= 0.6 is 0 Å². The van der Waals surface area contributed by atoms with Crippen LogP contribution in [-0.2, 0) is 0 Å². The van der Waals surface area contributed by atoms with E-state index in [2.05, 4.69) is 0 Å². The van der Waals surface area contributed by atoms with Gasteiger partial charge in [0.1, 0.15) is 0 Å². The van der Waals surface area contributed by atoms with E-state index in [1.54, 1.807) is 36.4 Å². The SMILES string of the molecule is N=C1c2ccccc2C(=O)c2cccc(N)c21. The Labute approximate surface area is 98.4 Å². The Balaban J connectivity index is 2.37. The van der Waals surface area contributed by atoms with Gasteiger partial charge in [-0.05, 0) is 6.07 Å². The number of fused-ring (bicyclic) bond motifs is 2. The summed E-state index contributed by atoms with van der Waals surface area (Å²) < 4.78 is 0. The summed E-state index contributed by atoms with van der Waals surface area (Å²) in [6.07, 6.45) is 0. The van der Waals surface area contributed by atoms with Crippen molar-refractivity contribution in [3.63, 3.8) is 0 Å². The molecule has 3 rings (SSSR count). The first-order chi connectivity index (χ1) is 8.20. The first kappa shape index (κ1) is 9.78. The number of ketones is 1. The number of rotatable bonds is 0. The molecule has 3 N–H and O–H groups in total. The molecular weight excluding hydrogens is 212 g/mol. The summed E-state index contributed by atoms with van der Waals surface area (Å²) in [5.74, 6) is -0.0566. The summed E-state index contributed by atoms with van der Waals surface area (Å²) in [7, 11) is 0. The summed E-state index contributed by atoms with van der Waals surface area (Å²) in [5.41, 5.74) is 8.98. The van der Waals surface area contributed by atoms with E-state index in [0.29, 0.717) is 33.7 Å². The van der Waals surface area contributed by atoms with Crippen LogP contribution in [0.15, 0.2) is 42.5 Å². The van der Waals surface area contributed by atoms with E-state index in [4.69, 9.17) is 11.1 Å². The Hall–Kier alpha value is -2.42. The Morgan fingerprint density at radius 2 is 1.53 bits per heavy atom. The lowest BCUT2D eigenvalue weighted by Crippen LogP contribution is -2.22. The summed E-state index contributed by atoms with van der Waals surface area (Å²) in [5, 5.41) is 8.15. The zero-order chi connectivity index (χ0) is 12.0. The van der Waals surface area contributed by atoms with Crippen molar-refractivity contribution in [3.8, 4) is 0 Å². The highest BCUT2D eigenvalue weighted by atomic mass is 16.1. The van der Waals surface area contributed by atoms with Gasteiger partial charge in [0.05, 0.1) is 5.71 Å². The molecule has 0 saturated carbocycles. The van der Waals surface area contributed by atoms with Gasteiger partial charge in [-0.15, -0.1) is 0 Å². The highest BCUT2D eigenvalue weighted by Gasteiger charge is 2.27. The maximum absolute atomic E-state index is 12.3. The number of benzene rings is 2. The van der Waals surface area contributed by atoms with Crippen LogP contribution in [-0.4, -0.2) is 11.5 Å². The quantitative estimate of drug-likeness (QED) is 0.573. The summed E-state index contributed by atoms with van der Waals surface area (Å²) in [4.78, 5) is 12.3. The van der Waals surface area contributed by atoms with Crippen LogP contribution in [0.1, 0.15) is 27.0 Å². The molecular formula is C14H10N2O. The van der Waals surface area contributed by atoms with Gasteiger partial charge >= 0.3 is 0 Å². The highest BCUT2D eigenvalue weighted by molar-refractivity contribution is 6.30. The predicted octanol–water partition coefficient (Wildman–Crippen LogP) is 2.23. The molecule has 17 heavy (non-hydrogen) atoms. The van der Waals surface area contributed by atoms with Crippen molar-refractivity contribution in [2.45, 2.75) is 0 Å². The maximum Gasteiger partial charge on any atom is 0.194 e. The molecule has 0 fully saturated rings. The van der Waals surface area contributed by atoms with Gasteiger partial charge in [-0.2, -0.15) is 0 Å². The van der Waals surface area contributed by atoms with Gasteiger partial charge in [-0.1, -0.05) is 36.4 Å². The number of carbonyl (C=O) groups excluding carboxylic acids is 1. The molecule has 0 unspecified atom stereocenters. The number of anilines is 1.